The molecule has 0 aliphatic rings. The molecule has 4 nitrogen and oxygen atoms in total. The second-order valence-corrected chi connectivity index (χ2v) is 4.38. The molecule has 1 aromatic heterocycles. The van der Waals surface area contributed by atoms with Crippen molar-refractivity contribution in [1.29, 1.82) is 0 Å². The van der Waals surface area contributed by atoms with Crippen molar-refractivity contribution in [3.8, 4) is 0 Å². The quantitative estimate of drug-likeness (QED) is 0.871. The van der Waals surface area contributed by atoms with Crippen LogP contribution < -0.4 is 10.9 Å². The van der Waals surface area contributed by atoms with E-state index in [2.05, 4.69) is 15.3 Å². The minimum Gasteiger partial charge on any atom is -0.378 e. The van der Waals surface area contributed by atoms with Gasteiger partial charge < -0.3 is 10.3 Å². The van der Waals surface area contributed by atoms with Crippen LogP contribution in [0.25, 0.3) is 0 Å². The van der Waals surface area contributed by atoms with Gasteiger partial charge in [-0.15, -0.1) is 0 Å². The molecule has 1 unspecified atom stereocenters. The molecule has 1 heterocycles. The fraction of sp³-hybridized carbons (Fsp3) is 0.286. The van der Waals surface area contributed by atoms with E-state index in [4.69, 9.17) is 0 Å². The van der Waals surface area contributed by atoms with E-state index in [9.17, 15) is 4.79 Å². The number of anilines is 1. The van der Waals surface area contributed by atoms with Crippen molar-refractivity contribution in [3.63, 3.8) is 0 Å². The lowest BCUT2D eigenvalue weighted by molar-refractivity contribution is 0.814. The summed E-state index contributed by atoms with van der Waals surface area (Å²) in [6, 6.07) is 9.74. The van der Waals surface area contributed by atoms with Crippen molar-refractivity contribution >= 4 is 5.69 Å². The summed E-state index contributed by atoms with van der Waals surface area (Å²) in [6.45, 7) is 5.61. The van der Waals surface area contributed by atoms with Gasteiger partial charge in [-0.05, 0) is 32.9 Å². The molecule has 0 bridgehead atoms. The number of para-hydroxylation sites is 1. The van der Waals surface area contributed by atoms with E-state index < -0.39 is 0 Å². The van der Waals surface area contributed by atoms with Crippen molar-refractivity contribution < 1.29 is 0 Å². The highest BCUT2D eigenvalue weighted by Crippen LogP contribution is 2.17. The number of hydrogen-bond donors (Lipinski definition) is 2. The number of hydrogen-bond acceptors (Lipinski definition) is 3. The molecule has 0 fully saturated rings. The number of benzene rings is 1. The van der Waals surface area contributed by atoms with Crippen LogP contribution in [0.2, 0.25) is 0 Å². The third-order valence-corrected chi connectivity index (χ3v) is 2.85. The van der Waals surface area contributed by atoms with Gasteiger partial charge in [0.15, 0.2) is 0 Å². The van der Waals surface area contributed by atoms with Crippen LogP contribution in [0.3, 0.4) is 0 Å². The highest BCUT2D eigenvalue weighted by atomic mass is 16.1. The Labute approximate surface area is 106 Å². The van der Waals surface area contributed by atoms with Gasteiger partial charge in [0.2, 0.25) is 0 Å². The first-order valence-electron chi connectivity index (χ1n) is 5.97. The van der Waals surface area contributed by atoms with Crippen molar-refractivity contribution in [2.45, 2.75) is 26.8 Å². The third-order valence-electron chi connectivity index (χ3n) is 2.85. The summed E-state index contributed by atoms with van der Waals surface area (Å²) >= 11 is 0. The zero-order valence-corrected chi connectivity index (χ0v) is 10.8. The predicted molar refractivity (Wildman–Crippen MR) is 72.8 cm³/mol. The Morgan fingerprint density at radius 3 is 2.50 bits per heavy atom. The van der Waals surface area contributed by atoms with Gasteiger partial charge in [-0.3, -0.25) is 4.79 Å². The molecule has 18 heavy (non-hydrogen) atoms. The van der Waals surface area contributed by atoms with Crippen LogP contribution in [0.1, 0.15) is 30.0 Å². The summed E-state index contributed by atoms with van der Waals surface area (Å²) in [5, 5.41) is 3.30. The third kappa shape index (κ3) is 2.59. The fourth-order valence-electron chi connectivity index (χ4n) is 2.10. The van der Waals surface area contributed by atoms with E-state index in [1.807, 2.05) is 44.2 Å². The molecule has 0 saturated carbocycles. The summed E-state index contributed by atoms with van der Waals surface area (Å²) < 4.78 is 0. The van der Waals surface area contributed by atoms with Crippen LogP contribution in [0.5, 0.6) is 0 Å². The van der Waals surface area contributed by atoms with Crippen LogP contribution >= 0.6 is 0 Å². The molecule has 0 aliphatic heterocycles. The molecular weight excluding hydrogens is 226 g/mol. The first-order valence-corrected chi connectivity index (χ1v) is 5.97. The minimum absolute atomic E-state index is 0.0732. The molecule has 0 aliphatic carbocycles. The molecule has 94 valence electrons. The lowest BCUT2D eigenvalue weighted by Gasteiger charge is -2.16. The first-order chi connectivity index (χ1) is 8.58. The van der Waals surface area contributed by atoms with Gasteiger partial charge in [0, 0.05) is 5.69 Å². The van der Waals surface area contributed by atoms with Crippen LogP contribution in [-0.2, 0) is 0 Å². The Kier molecular flexibility index (Phi) is 3.46. The zero-order valence-electron chi connectivity index (χ0n) is 10.8. The maximum atomic E-state index is 12.0. The standard InChI is InChI=1S/C14H17N3O/c1-9-13(14(18)17-11(3)15-9)10(2)16-12-7-5-4-6-8-12/h4-8,10,16H,1-3H3,(H,15,17,18). The molecule has 1 atom stereocenters. The number of H-pyrrole nitrogens is 1. The number of nitrogens with zero attached hydrogens (tertiary/aromatic N) is 1. The van der Waals surface area contributed by atoms with Crippen molar-refractivity contribution in [3.05, 3.63) is 57.8 Å². The molecule has 0 amide bonds. The van der Waals surface area contributed by atoms with Crippen LogP contribution in [0.15, 0.2) is 35.1 Å². The topological polar surface area (TPSA) is 57.8 Å². The van der Waals surface area contributed by atoms with Crippen molar-refractivity contribution in [1.82, 2.24) is 9.97 Å². The average molecular weight is 243 g/mol. The maximum absolute atomic E-state index is 12.0. The Morgan fingerprint density at radius 1 is 1.22 bits per heavy atom. The fourth-order valence-corrected chi connectivity index (χ4v) is 2.10. The largest absolute Gasteiger partial charge is 0.378 e. The van der Waals surface area contributed by atoms with Gasteiger partial charge in [-0.25, -0.2) is 4.98 Å². The van der Waals surface area contributed by atoms with Crippen LogP contribution in [0, 0.1) is 13.8 Å². The highest BCUT2D eigenvalue weighted by Gasteiger charge is 2.14. The minimum atomic E-state index is -0.0794. The van der Waals surface area contributed by atoms with E-state index in [-0.39, 0.29) is 11.6 Å². The maximum Gasteiger partial charge on any atom is 0.256 e. The van der Waals surface area contributed by atoms with Gasteiger partial charge in [0.05, 0.1) is 17.3 Å². The number of nitrogens with one attached hydrogen (secondary N) is 2. The lowest BCUT2D eigenvalue weighted by Crippen LogP contribution is -2.23. The number of aromatic amines is 1. The summed E-state index contributed by atoms with van der Waals surface area (Å²) in [5.41, 5.74) is 2.37. The smallest absolute Gasteiger partial charge is 0.256 e. The Hall–Kier alpha value is -2.10. The second kappa shape index (κ2) is 5.04. The zero-order chi connectivity index (χ0) is 13.1. The Balaban J connectivity index is 2.30. The van der Waals surface area contributed by atoms with Gasteiger partial charge >= 0.3 is 0 Å². The molecule has 2 rings (SSSR count). The normalized spacial score (nSPS) is 12.2. The van der Waals surface area contributed by atoms with Crippen molar-refractivity contribution in [2.24, 2.45) is 0 Å². The summed E-state index contributed by atoms with van der Waals surface area (Å²) in [5.74, 6) is 0.646. The lowest BCUT2D eigenvalue weighted by atomic mass is 10.1. The Morgan fingerprint density at radius 2 is 1.89 bits per heavy atom. The van der Waals surface area contributed by atoms with E-state index in [1.54, 1.807) is 6.92 Å². The molecule has 4 heteroatoms. The summed E-state index contributed by atoms with van der Waals surface area (Å²) in [4.78, 5) is 19.0. The average Bonchev–Trinajstić information content (AvgIpc) is 2.28. The second-order valence-electron chi connectivity index (χ2n) is 4.38. The van der Waals surface area contributed by atoms with Gasteiger partial charge in [-0.2, -0.15) is 0 Å². The molecule has 1 aromatic carbocycles. The van der Waals surface area contributed by atoms with E-state index >= 15 is 0 Å². The van der Waals surface area contributed by atoms with Gasteiger partial charge in [0.1, 0.15) is 5.82 Å². The Bertz CT molecular complexity index is 590. The molecule has 0 saturated heterocycles. The predicted octanol–water partition coefficient (Wildman–Crippen LogP) is 2.56. The first kappa shape index (κ1) is 12.4. The van der Waals surface area contributed by atoms with Crippen LogP contribution in [0.4, 0.5) is 5.69 Å². The summed E-state index contributed by atoms with van der Waals surface area (Å²) in [6.07, 6.45) is 0. The van der Waals surface area contributed by atoms with Gasteiger partial charge in [0.25, 0.3) is 5.56 Å². The van der Waals surface area contributed by atoms with E-state index in [0.29, 0.717) is 11.4 Å². The van der Waals surface area contributed by atoms with Gasteiger partial charge in [-0.1, -0.05) is 18.2 Å². The molecular formula is C14H17N3O. The number of rotatable bonds is 3. The van der Waals surface area contributed by atoms with E-state index in [1.165, 1.54) is 0 Å². The number of aromatic nitrogens is 2. The molecule has 2 aromatic rings. The van der Waals surface area contributed by atoms with Crippen molar-refractivity contribution in [2.75, 3.05) is 5.32 Å². The van der Waals surface area contributed by atoms with Crippen LogP contribution in [-0.4, -0.2) is 9.97 Å². The summed E-state index contributed by atoms with van der Waals surface area (Å²) in [7, 11) is 0. The molecule has 2 N–H and O–H groups in total. The molecule has 0 spiro atoms. The number of aryl methyl sites for hydroxylation is 2. The van der Waals surface area contributed by atoms with E-state index in [0.717, 1.165) is 11.4 Å². The monoisotopic (exact) mass is 243 g/mol. The highest BCUT2D eigenvalue weighted by molar-refractivity contribution is 5.45. The molecule has 0 radical (unpaired) electrons. The SMILES string of the molecule is Cc1nc(C)c(C(C)Nc2ccccc2)c(=O)[nH]1.